The molecule has 2 rings (SSSR count). The largest absolute Gasteiger partial charge is 0.311 e. The molecule has 16 heavy (non-hydrogen) atoms. The van der Waals surface area contributed by atoms with Gasteiger partial charge in [-0.3, -0.25) is 0 Å². The van der Waals surface area contributed by atoms with Crippen molar-refractivity contribution in [3.8, 4) is 0 Å². The zero-order chi connectivity index (χ0) is 11.5. The lowest BCUT2D eigenvalue weighted by molar-refractivity contribution is 0.322. The van der Waals surface area contributed by atoms with Crippen molar-refractivity contribution in [2.75, 3.05) is 20.1 Å². The van der Waals surface area contributed by atoms with E-state index in [1.807, 2.05) is 11.3 Å². The fraction of sp³-hybridized carbons (Fsp3) is 0.667. The number of nitrogens with one attached hydrogen (secondary N) is 1. The number of hydrogen-bond acceptors (Lipinski definition) is 3. The number of thiophene rings is 1. The molecule has 1 aliphatic carbocycles. The Kier molecular flexibility index (Phi) is 4.41. The highest BCUT2D eigenvalue weighted by atomic mass is 79.9. The fourth-order valence-electron chi connectivity index (χ4n) is 1.77. The molecule has 0 unspecified atom stereocenters. The SMILES string of the molecule is Cc1sc(CNCCN(C)C2CC2)cc1Br. The number of halogens is 1. The van der Waals surface area contributed by atoms with Gasteiger partial charge in [0.15, 0.2) is 0 Å². The second kappa shape index (κ2) is 5.63. The topological polar surface area (TPSA) is 15.3 Å². The molecule has 0 saturated heterocycles. The lowest BCUT2D eigenvalue weighted by Crippen LogP contribution is -2.30. The molecular weight excluding hydrogens is 284 g/mol. The number of likely N-dealkylation sites (N-methyl/N-ethyl adjacent to an activating group) is 1. The molecule has 0 atom stereocenters. The summed E-state index contributed by atoms with van der Waals surface area (Å²) in [6.07, 6.45) is 2.79. The van der Waals surface area contributed by atoms with E-state index in [4.69, 9.17) is 0 Å². The molecule has 0 amide bonds. The quantitative estimate of drug-likeness (QED) is 0.813. The number of aryl methyl sites for hydroxylation is 1. The molecule has 1 aromatic rings. The summed E-state index contributed by atoms with van der Waals surface area (Å²) >= 11 is 5.42. The molecule has 90 valence electrons. The minimum absolute atomic E-state index is 0.875. The average molecular weight is 303 g/mol. The Labute approximate surface area is 110 Å². The Morgan fingerprint density at radius 2 is 2.31 bits per heavy atom. The first kappa shape index (κ1) is 12.6. The van der Waals surface area contributed by atoms with Gasteiger partial charge in [-0.05, 0) is 48.8 Å². The monoisotopic (exact) mass is 302 g/mol. The van der Waals surface area contributed by atoms with Crippen LogP contribution in [0, 0.1) is 6.92 Å². The fourth-order valence-corrected chi connectivity index (χ4v) is 3.34. The second-order valence-corrected chi connectivity index (χ2v) is 6.70. The number of rotatable bonds is 6. The molecule has 1 saturated carbocycles. The van der Waals surface area contributed by atoms with Crippen molar-refractivity contribution >= 4 is 27.3 Å². The van der Waals surface area contributed by atoms with Gasteiger partial charge in [0.05, 0.1) is 0 Å². The van der Waals surface area contributed by atoms with E-state index < -0.39 is 0 Å². The summed E-state index contributed by atoms with van der Waals surface area (Å²) < 4.78 is 1.24. The molecule has 1 fully saturated rings. The number of hydrogen-bond donors (Lipinski definition) is 1. The summed E-state index contributed by atoms with van der Waals surface area (Å²) in [5.41, 5.74) is 0. The van der Waals surface area contributed by atoms with E-state index in [0.717, 1.165) is 25.7 Å². The van der Waals surface area contributed by atoms with Gasteiger partial charge >= 0.3 is 0 Å². The van der Waals surface area contributed by atoms with Gasteiger partial charge in [-0.2, -0.15) is 0 Å². The Morgan fingerprint density at radius 1 is 1.56 bits per heavy atom. The van der Waals surface area contributed by atoms with Crippen molar-refractivity contribution < 1.29 is 0 Å². The van der Waals surface area contributed by atoms with Crippen LogP contribution < -0.4 is 5.32 Å². The van der Waals surface area contributed by atoms with Crippen LogP contribution in [0.4, 0.5) is 0 Å². The molecule has 0 aromatic carbocycles. The van der Waals surface area contributed by atoms with Crippen molar-refractivity contribution in [2.45, 2.75) is 32.4 Å². The highest BCUT2D eigenvalue weighted by Crippen LogP contribution is 2.26. The summed E-state index contributed by atoms with van der Waals surface area (Å²) in [5.74, 6) is 0. The maximum Gasteiger partial charge on any atom is 0.0314 e. The van der Waals surface area contributed by atoms with Crippen LogP contribution in [0.1, 0.15) is 22.6 Å². The maximum absolute atomic E-state index is 3.55. The van der Waals surface area contributed by atoms with Crippen LogP contribution in [0.3, 0.4) is 0 Å². The molecule has 4 heteroatoms. The summed E-state index contributed by atoms with van der Waals surface area (Å²) in [6.45, 7) is 5.40. The van der Waals surface area contributed by atoms with Crippen LogP contribution in [0.2, 0.25) is 0 Å². The summed E-state index contributed by atoms with van der Waals surface area (Å²) in [5, 5.41) is 3.50. The van der Waals surface area contributed by atoms with Gasteiger partial charge in [0.2, 0.25) is 0 Å². The zero-order valence-electron chi connectivity index (χ0n) is 9.92. The van der Waals surface area contributed by atoms with E-state index in [0.29, 0.717) is 0 Å². The summed E-state index contributed by atoms with van der Waals surface area (Å²) in [6, 6.07) is 3.09. The lowest BCUT2D eigenvalue weighted by atomic mass is 10.4. The first-order chi connectivity index (χ1) is 7.66. The van der Waals surface area contributed by atoms with Gasteiger partial charge in [-0.15, -0.1) is 11.3 Å². The van der Waals surface area contributed by atoms with Crippen LogP contribution in [0.15, 0.2) is 10.5 Å². The molecule has 1 heterocycles. The molecule has 0 aliphatic heterocycles. The first-order valence-electron chi connectivity index (χ1n) is 5.82. The normalized spacial score (nSPS) is 16.0. The Bertz CT molecular complexity index is 327. The Balaban J connectivity index is 1.63. The van der Waals surface area contributed by atoms with Gasteiger partial charge in [0.1, 0.15) is 0 Å². The minimum atomic E-state index is 0.875. The standard InChI is InChI=1S/C12H19BrN2S/c1-9-12(13)7-11(16-9)8-14-5-6-15(2)10-3-4-10/h7,10,14H,3-6,8H2,1-2H3. The van der Waals surface area contributed by atoms with E-state index in [1.54, 1.807) is 0 Å². The smallest absolute Gasteiger partial charge is 0.0314 e. The average Bonchev–Trinajstić information content (AvgIpc) is 3.03. The van der Waals surface area contributed by atoms with E-state index >= 15 is 0 Å². The van der Waals surface area contributed by atoms with E-state index in [2.05, 4.69) is 46.2 Å². The molecule has 1 aliphatic rings. The summed E-state index contributed by atoms with van der Waals surface area (Å²) in [7, 11) is 2.23. The molecule has 0 radical (unpaired) electrons. The number of nitrogens with zero attached hydrogens (tertiary/aromatic N) is 1. The third-order valence-corrected chi connectivity index (χ3v) is 5.16. The highest BCUT2D eigenvalue weighted by molar-refractivity contribution is 9.10. The molecule has 1 aromatic heterocycles. The Hall–Kier alpha value is 0.100. The summed E-state index contributed by atoms with van der Waals surface area (Å²) in [4.78, 5) is 5.24. The lowest BCUT2D eigenvalue weighted by Gasteiger charge is -2.15. The van der Waals surface area contributed by atoms with Crippen LogP contribution in [-0.4, -0.2) is 31.1 Å². The first-order valence-corrected chi connectivity index (χ1v) is 7.43. The Morgan fingerprint density at radius 3 is 2.88 bits per heavy atom. The zero-order valence-corrected chi connectivity index (χ0v) is 12.3. The maximum atomic E-state index is 3.55. The van der Waals surface area contributed by atoms with E-state index in [1.165, 1.54) is 27.1 Å². The van der Waals surface area contributed by atoms with Crippen molar-refractivity contribution in [1.29, 1.82) is 0 Å². The van der Waals surface area contributed by atoms with Gasteiger partial charge in [-0.25, -0.2) is 0 Å². The van der Waals surface area contributed by atoms with Crippen molar-refractivity contribution in [1.82, 2.24) is 10.2 Å². The molecule has 0 bridgehead atoms. The minimum Gasteiger partial charge on any atom is -0.311 e. The van der Waals surface area contributed by atoms with Crippen LogP contribution in [-0.2, 0) is 6.54 Å². The highest BCUT2D eigenvalue weighted by Gasteiger charge is 2.25. The predicted octanol–water partition coefficient (Wildman–Crippen LogP) is 3.00. The molecule has 0 spiro atoms. The third kappa shape index (κ3) is 3.55. The van der Waals surface area contributed by atoms with Crippen molar-refractivity contribution in [2.24, 2.45) is 0 Å². The predicted molar refractivity (Wildman–Crippen MR) is 74.1 cm³/mol. The van der Waals surface area contributed by atoms with E-state index in [-0.39, 0.29) is 0 Å². The van der Waals surface area contributed by atoms with Crippen molar-refractivity contribution in [3.05, 3.63) is 20.3 Å². The third-order valence-electron chi connectivity index (χ3n) is 3.02. The van der Waals surface area contributed by atoms with Crippen molar-refractivity contribution in [3.63, 3.8) is 0 Å². The van der Waals surface area contributed by atoms with Gasteiger partial charge in [-0.1, -0.05) is 0 Å². The van der Waals surface area contributed by atoms with E-state index in [9.17, 15) is 0 Å². The van der Waals surface area contributed by atoms with Crippen LogP contribution in [0.25, 0.3) is 0 Å². The van der Waals surface area contributed by atoms with Crippen LogP contribution in [0.5, 0.6) is 0 Å². The second-order valence-electron chi connectivity index (χ2n) is 4.51. The van der Waals surface area contributed by atoms with Gasteiger partial charge in [0.25, 0.3) is 0 Å². The van der Waals surface area contributed by atoms with Crippen LogP contribution >= 0.6 is 27.3 Å². The molecule has 2 nitrogen and oxygen atoms in total. The molecule has 1 N–H and O–H groups in total. The molecular formula is C12H19BrN2S. The van der Waals surface area contributed by atoms with Gasteiger partial charge in [0, 0.05) is 39.9 Å². The van der Waals surface area contributed by atoms with Gasteiger partial charge < -0.3 is 10.2 Å².